The molecule has 0 aromatic carbocycles. The second-order valence-corrected chi connectivity index (χ2v) is 8.15. The zero-order chi connectivity index (χ0) is 14.1. The first-order valence-corrected chi connectivity index (χ1v) is 7.31. The van der Waals surface area contributed by atoms with Gasteiger partial charge in [-0.15, -0.1) is 0 Å². The summed E-state index contributed by atoms with van der Waals surface area (Å²) in [4.78, 5) is 4.36. The molecule has 1 heterocycles. The maximum Gasteiger partial charge on any atom is 0.167 e. The van der Waals surface area contributed by atoms with Gasteiger partial charge in [0.1, 0.15) is 17.1 Å². The quantitative estimate of drug-likeness (QED) is 0.698. The third kappa shape index (κ3) is 3.63. The summed E-state index contributed by atoms with van der Waals surface area (Å²) in [7, 11) is 0. The highest BCUT2D eigenvalue weighted by atomic mass is 35.5. The van der Waals surface area contributed by atoms with Crippen LogP contribution < -0.4 is 0 Å². The van der Waals surface area contributed by atoms with Gasteiger partial charge in [-0.05, 0) is 34.6 Å². The van der Waals surface area contributed by atoms with E-state index in [1.165, 1.54) is 0 Å². The molecule has 0 aromatic heterocycles. The van der Waals surface area contributed by atoms with Gasteiger partial charge in [0, 0.05) is 11.4 Å². The summed E-state index contributed by atoms with van der Waals surface area (Å²) in [5, 5.41) is 0.232. The summed E-state index contributed by atoms with van der Waals surface area (Å²) in [5.74, 6) is 0.367. The van der Waals surface area contributed by atoms with Crippen molar-refractivity contribution < 1.29 is 9.29 Å². The van der Waals surface area contributed by atoms with Crippen molar-refractivity contribution in [1.29, 1.82) is 0 Å². The number of halogens is 1. The van der Waals surface area contributed by atoms with E-state index in [-0.39, 0.29) is 9.92 Å². The Morgan fingerprint density at radius 1 is 1.50 bits per heavy atom. The molecule has 0 saturated carbocycles. The molecule has 4 nitrogen and oxygen atoms in total. The summed E-state index contributed by atoms with van der Waals surface area (Å²) in [5.41, 5.74) is -0.651. The van der Waals surface area contributed by atoms with Gasteiger partial charge < -0.3 is 9.29 Å². The van der Waals surface area contributed by atoms with Crippen LogP contribution in [0.25, 0.3) is 0 Å². The maximum absolute atomic E-state index is 12.5. The Morgan fingerprint density at radius 3 is 2.56 bits per heavy atom. The lowest BCUT2D eigenvalue weighted by atomic mass is 10.2. The Morgan fingerprint density at radius 2 is 2.06 bits per heavy atom. The van der Waals surface area contributed by atoms with Crippen LogP contribution in [-0.4, -0.2) is 37.6 Å². The number of hydrogen-bond acceptors (Lipinski definition) is 4. The fraction of sp³-hybridized carbons (Fsp3) is 0.750. The normalized spacial score (nSPS) is 26.6. The van der Waals surface area contributed by atoms with Crippen LogP contribution >= 0.6 is 11.6 Å². The summed E-state index contributed by atoms with van der Waals surface area (Å²) in [6.45, 7) is 14.2. The van der Waals surface area contributed by atoms with Crippen LogP contribution in [0.3, 0.4) is 0 Å². The lowest BCUT2D eigenvalue weighted by Crippen LogP contribution is -2.54. The molecule has 104 valence electrons. The van der Waals surface area contributed by atoms with Gasteiger partial charge in [0.15, 0.2) is 10.8 Å². The number of ether oxygens (including phenoxy) is 1. The average Bonchev–Trinajstić information content (AvgIpc) is 2.19. The molecule has 0 radical (unpaired) electrons. The molecule has 0 amide bonds. The van der Waals surface area contributed by atoms with Gasteiger partial charge in [-0.25, -0.2) is 4.99 Å². The molecule has 0 N–H and O–H groups in total. The van der Waals surface area contributed by atoms with E-state index in [1.807, 2.05) is 38.9 Å². The topological polar surface area (TPSA) is 47.9 Å². The maximum atomic E-state index is 12.5. The third-order valence-corrected chi connectivity index (χ3v) is 4.88. The predicted molar refractivity (Wildman–Crippen MR) is 77.1 cm³/mol. The summed E-state index contributed by atoms with van der Waals surface area (Å²) < 4.78 is 19.3. The summed E-state index contributed by atoms with van der Waals surface area (Å²) >= 11 is 4.83. The van der Waals surface area contributed by atoms with Crippen LogP contribution in [0.4, 0.5) is 0 Å². The number of allylic oxidation sites excluding steroid dienone is 1. The molecule has 1 atom stereocenters. The number of aliphatic imine (C=N–C) groups is 1. The minimum Gasteiger partial charge on any atom is -0.597 e. The lowest BCUT2D eigenvalue weighted by Gasteiger charge is -2.40. The van der Waals surface area contributed by atoms with Gasteiger partial charge >= 0.3 is 0 Å². The van der Waals surface area contributed by atoms with E-state index in [0.29, 0.717) is 18.9 Å². The predicted octanol–water partition coefficient (Wildman–Crippen LogP) is 2.67. The highest BCUT2D eigenvalue weighted by Gasteiger charge is 2.43. The van der Waals surface area contributed by atoms with Crippen molar-refractivity contribution in [3.05, 3.63) is 12.3 Å². The summed E-state index contributed by atoms with van der Waals surface area (Å²) in [6, 6.07) is 0. The van der Waals surface area contributed by atoms with Crippen LogP contribution in [0.2, 0.25) is 0 Å². The van der Waals surface area contributed by atoms with E-state index in [2.05, 4.69) is 11.6 Å². The first-order valence-electron chi connectivity index (χ1n) is 5.83. The van der Waals surface area contributed by atoms with Gasteiger partial charge in [0.25, 0.3) is 0 Å². The van der Waals surface area contributed by atoms with Crippen molar-refractivity contribution in [3.63, 3.8) is 0 Å². The van der Waals surface area contributed by atoms with Crippen LogP contribution in [0.15, 0.2) is 17.3 Å². The number of rotatable bonds is 1. The molecular weight excluding hydrogens is 272 g/mol. The van der Waals surface area contributed by atoms with E-state index in [1.54, 1.807) is 0 Å². The molecule has 0 spiro atoms. The van der Waals surface area contributed by atoms with Crippen molar-refractivity contribution in [2.75, 3.05) is 13.2 Å². The molecular formula is C12H21ClN2O2S. The Kier molecular flexibility index (Phi) is 4.76. The van der Waals surface area contributed by atoms with E-state index in [4.69, 9.17) is 16.3 Å². The SMILES string of the molecule is C=C1OCCN([S+]([O-])C(C)(C)C)C(C)(C)/N=C\1Cl. The third-order valence-electron chi connectivity index (χ3n) is 2.51. The first kappa shape index (κ1) is 15.8. The number of hydrogen-bond donors (Lipinski definition) is 0. The van der Waals surface area contributed by atoms with E-state index in [0.717, 1.165) is 0 Å². The molecule has 0 fully saturated rings. The largest absolute Gasteiger partial charge is 0.597 e. The van der Waals surface area contributed by atoms with Crippen LogP contribution in [-0.2, 0) is 16.1 Å². The lowest BCUT2D eigenvalue weighted by molar-refractivity contribution is 0.151. The van der Waals surface area contributed by atoms with Crippen molar-refractivity contribution >= 4 is 28.1 Å². The van der Waals surface area contributed by atoms with Gasteiger partial charge in [0.05, 0.1) is 6.54 Å². The summed E-state index contributed by atoms with van der Waals surface area (Å²) in [6.07, 6.45) is 0. The van der Waals surface area contributed by atoms with E-state index < -0.39 is 17.0 Å². The van der Waals surface area contributed by atoms with Gasteiger partial charge in [-0.2, -0.15) is 0 Å². The molecule has 0 saturated heterocycles. The van der Waals surface area contributed by atoms with Crippen LogP contribution in [0, 0.1) is 0 Å². The Bertz CT molecular complexity index is 364. The van der Waals surface area contributed by atoms with Gasteiger partial charge in [-0.3, -0.25) is 0 Å². The van der Waals surface area contributed by atoms with Crippen LogP contribution in [0.1, 0.15) is 34.6 Å². The Hall–Kier alpha value is -0.230. The van der Waals surface area contributed by atoms with Crippen molar-refractivity contribution in [2.45, 2.75) is 45.0 Å². The smallest absolute Gasteiger partial charge is 0.167 e. The second-order valence-electron chi connectivity index (χ2n) is 5.63. The molecule has 0 aliphatic carbocycles. The molecule has 1 unspecified atom stereocenters. The fourth-order valence-corrected chi connectivity index (χ4v) is 3.17. The average molecular weight is 293 g/mol. The minimum absolute atomic E-state index is 0.232. The molecule has 1 rings (SSSR count). The second kappa shape index (κ2) is 5.41. The number of nitrogens with zero attached hydrogens (tertiary/aromatic N) is 2. The first-order chi connectivity index (χ1) is 8.05. The molecule has 1 aliphatic rings. The molecule has 18 heavy (non-hydrogen) atoms. The molecule has 0 aromatic rings. The Balaban J connectivity index is 3.08. The Labute approximate surface area is 117 Å². The highest BCUT2D eigenvalue weighted by molar-refractivity contribution is 7.90. The van der Waals surface area contributed by atoms with Crippen LogP contribution in [0.5, 0.6) is 0 Å². The van der Waals surface area contributed by atoms with Gasteiger partial charge in [0.2, 0.25) is 0 Å². The van der Waals surface area contributed by atoms with E-state index in [9.17, 15) is 4.55 Å². The minimum atomic E-state index is -1.18. The molecule has 6 heteroatoms. The van der Waals surface area contributed by atoms with Crippen molar-refractivity contribution in [3.8, 4) is 0 Å². The van der Waals surface area contributed by atoms with Crippen molar-refractivity contribution in [2.24, 2.45) is 4.99 Å². The zero-order valence-electron chi connectivity index (χ0n) is 11.6. The molecule has 0 bridgehead atoms. The molecule has 1 aliphatic heterocycles. The monoisotopic (exact) mass is 292 g/mol. The van der Waals surface area contributed by atoms with Crippen molar-refractivity contribution in [1.82, 2.24) is 4.31 Å². The zero-order valence-corrected chi connectivity index (χ0v) is 13.2. The van der Waals surface area contributed by atoms with Gasteiger partial charge in [-0.1, -0.05) is 22.5 Å². The standard InChI is InChI=1S/C12H21ClN2O2S/c1-9-10(13)14-12(5,6)15(7-8-17-9)18(16)11(2,3)4/h1,7-8H2,2-6H3/b14-10+. The van der Waals surface area contributed by atoms with E-state index >= 15 is 0 Å². The highest BCUT2D eigenvalue weighted by Crippen LogP contribution is 2.30. The fourth-order valence-electron chi connectivity index (χ4n) is 1.56.